The maximum absolute atomic E-state index is 13.1. The second kappa shape index (κ2) is 25.0. The maximum atomic E-state index is 13.1. The molecule has 0 aliphatic carbocycles. The molecule has 2 N–H and O–H groups in total. The second-order valence-corrected chi connectivity index (χ2v) is 16.6. The van der Waals surface area contributed by atoms with Crippen molar-refractivity contribution >= 4 is 23.5 Å². The first-order chi connectivity index (χ1) is 30.7. The van der Waals surface area contributed by atoms with Gasteiger partial charge in [-0.15, -0.1) is 0 Å². The van der Waals surface area contributed by atoms with Crippen LogP contribution in [0.5, 0.6) is 0 Å². The Balaban J connectivity index is 0.000000221. The number of ether oxygens (including phenoxy) is 1. The van der Waals surface area contributed by atoms with E-state index in [-0.39, 0.29) is 34.3 Å². The molecule has 340 valence electrons. The number of hydrogen-bond donors (Lipinski definition) is 1. The molecule has 1 aromatic heterocycles. The summed E-state index contributed by atoms with van der Waals surface area (Å²) in [5.41, 5.74) is 14.5. The molecule has 1 aliphatic rings. The van der Waals surface area contributed by atoms with Crippen LogP contribution in [0.25, 0.3) is 5.57 Å². The van der Waals surface area contributed by atoms with E-state index in [4.69, 9.17) is 10.5 Å². The predicted octanol–water partition coefficient (Wildman–Crippen LogP) is 13.7. The van der Waals surface area contributed by atoms with Gasteiger partial charge in [-0.25, -0.2) is 4.98 Å². The summed E-state index contributed by atoms with van der Waals surface area (Å²) in [6.45, 7) is 15.1. The standard InChI is InChI=1S/C21H20.C20H28F3N3O2.C14H19N/c1-2-21(18-12-6-3-7-13-18,19-14-8-4-9-15-19)20-16-10-5-11-17-20;1-4-6-13(11-12(2)3)19(27)26-18(24)14-8-9-16(20(21,22)23)25-17(14)15-7-5-10-28-15;1-5-12-7-8-14(11(3)9-12)13(6-2)10-15-4/h3-17H,2H2,1H3;8-9,12-13,15H,4-7,10-11H2,1-3H3,(H2,24,26,27);6-10H,5H2,1-4H3/b;;13-6+,15-10?. The van der Waals surface area contributed by atoms with Gasteiger partial charge in [-0.2, -0.15) is 18.2 Å². The van der Waals surface area contributed by atoms with Crippen LogP contribution in [-0.2, 0) is 27.5 Å². The van der Waals surface area contributed by atoms with Crippen LogP contribution in [0.15, 0.2) is 137 Å². The highest BCUT2D eigenvalue weighted by molar-refractivity contribution is 6.10. The number of allylic oxidation sites excluding steroid dienone is 2. The fourth-order valence-electron chi connectivity index (χ4n) is 8.41. The van der Waals surface area contributed by atoms with Crippen LogP contribution in [-0.4, -0.2) is 36.6 Å². The van der Waals surface area contributed by atoms with Crippen molar-refractivity contribution in [2.45, 2.75) is 111 Å². The molecule has 6 nitrogen and oxygen atoms in total. The summed E-state index contributed by atoms with van der Waals surface area (Å²) in [5.74, 6) is -0.378. The third kappa shape index (κ3) is 13.7. The van der Waals surface area contributed by atoms with E-state index >= 15 is 0 Å². The van der Waals surface area contributed by atoms with Gasteiger partial charge in [0.1, 0.15) is 17.6 Å². The van der Waals surface area contributed by atoms with E-state index in [0.717, 1.165) is 31.7 Å². The minimum atomic E-state index is -4.57. The number of carbonyl (C=O) groups excluding carboxylic acids is 1. The summed E-state index contributed by atoms with van der Waals surface area (Å²) in [6.07, 6.45) is 4.47. The first-order valence-electron chi connectivity index (χ1n) is 22.7. The Kier molecular flexibility index (Phi) is 19.9. The number of pyridine rings is 1. The van der Waals surface area contributed by atoms with Crippen molar-refractivity contribution in [1.82, 2.24) is 4.98 Å². The summed E-state index contributed by atoms with van der Waals surface area (Å²) in [4.78, 5) is 24.5. The Morgan fingerprint density at radius 3 is 1.84 bits per heavy atom. The fraction of sp³-hybridized carbons (Fsp3) is 0.382. The van der Waals surface area contributed by atoms with Crippen LogP contribution in [0.4, 0.5) is 13.2 Å². The quantitative estimate of drug-likeness (QED) is 0.0684. The molecular formula is C55H67F3N4O2. The van der Waals surface area contributed by atoms with Gasteiger partial charge in [0.15, 0.2) is 0 Å². The third-order valence-electron chi connectivity index (χ3n) is 11.6. The number of halogens is 3. The third-order valence-corrected chi connectivity index (χ3v) is 11.6. The SMILES string of the molecule is C/C=C(\C=NC)c1ccc(CC)cc1C.CCC(c1ccccc1)(c1ccccc1)c1ccccc1.CCCC(CC(C)C)C(=O)N=C(N)c1ccc(C(F)(F)F)nc1C1CCCO1. The average Bonchev–Trinajstić information content (AvgIpc) is 3.85. The normalized spacial score (nSPS) is 15.0. The van der Waals surface area contributed by atoms with Gasteiger partial charge < -0.3 is 10.5 Å². The molecule has 1 fully saturated rings. The highest BCUT2D eigenvalue weighted by atomic mass is 19.4. The fourth-order valence-corrected chi connectivity index (χ4v) is 8.41. The van der Waals surface area contributed by atoms with Crippen LogP contribution >= 0.6 is 0 Å². The molecule has 0 saturated carbocycles. The van der Waals surface area contributed by atoms with E-state index < -0.39 is 18.0 Å². The number of aryl methyl sites for hydroxylation is 2. The molecule has 0 radical (unpaired) electrons. The smallest absolute Gasteiger partial charge is 0.383 e. The van der Waals surface area contributed by atoms with Gasteiger partial charge in [0, 0.05) is 36.8 Å². The molecule has 1 saturated heterocycles. The second-order valence-electron chi connectivity index (χ2n) is 16.6. The van der Waals surface area contributed by atoms with Crippen molar-refractivity contribution < 1.29 is 22.7 Å². The molecule has 2 unspecified atom stereocenters. The van der Waals surface area contributed by atoms with Gasteiger partial charge in [-0.05, 0) is 109 Å². The van der Waals surface area contributed by atoms with Gasteiger partial charge in [-0.1, -0.05) is 156 Å². The highest BCUT2D eigenvalue weighted by Crippen LogP contribution is 2.42. The van der Waals surface area contributed by atoms with Gasteiger partial charge in [0.05, 0.1) is 5.69 Å². The zero-order chi connectivity index (χ0) is 46.7. The lowest BCUT2D eigenvalue weighted by Gasteiger charge is -2.35. The van der Waals surface area contributed by atoms with Crippen LogP contribution in [0.2, 0.25) is 0 Å². The summed E-state index contributed by atoms with van der Waals surface area (Å²) in [6, 6.07) is 41.2. The number of carbonyl (C=O) groups is 1. The van der Waals surface area contributed by atoms with Crippen molar-refractivity contribution in [3.63, 3.8) is 0 Å². The Morgan fingerprint density at radius 1 is 0.859 bits per heavy atom. The minimum Gasteiger partial charge on any atom is -0.383 e. The number of alkyl halides is 3. The monoisotopic (exact) mass is 873 g/mol. The largest absolute Gasteiger partial charge is 0.433 e. The number of benzene rings is 4. The average molecular weight is 873 g/mol. The van der Waals surface area contributed by atoms with E-state index in [1.54, 1.807) is 7.05 Å². The van der Waals surface area contributed by atoms with Gasteiger partial charge in [-0.3, -0.25) is 9.79 Å². The molecule has 6 rings (SSSR count). The summed E-state index contributed by atoms with van der Waals surface area (Å²) in [7, 11) is 1.80. The molecule has 5 aromatic rings. The molecular weight excluding hydrogens is 806 g/mol. The topological polar surface area (TPSA) is 89.9 Å². The van der Waals surface area contributed by atoms with E-state index in [2.05, 4.69) is 151 Å². The lowest BCUT2D eigenvalue weighted by atomic mass is 9.68. The van der Waals surface area contributed by atoms with E-state index in [1.165, 1.54) is 45.0 Å². The zero-order valence-electron chi connectivity index (χ0n) is 39.0. The van der Waals surface area contributed by atoms with Crippen LogP contribution in [0.3, 0.4) is 0 Å². The number of amidine groups is 1. The minimum absolute atomic E-state index is 0.0796. The van der Waals surface area contributed by atoms with Gasteiger partial charge >= 0.3 is 6.18 Å². The van der Waals surface area contributed by atoms with Crippen molar-refractivity contribution in [2.24, 2.45) is 27.6 Å². The first-order valence-corrected chi connectivity index (χ1v) is 22.7. The lowest BCUT2D eigenvalue weighted by molar-refractivity contribution is -0.141. The molecule has 1 aliphatic heterocycles. The van der Waals surface area contributed by atoms with E-state index in [1.807, 2.05) is 33.9 Å². The molecule has 0 bridgehead atoms. The van der Waals surface area contributed by atoms with E-state index in [0.29, 0.717) is 31.8 Å². The van der Waals surface area contributed by atoms with Crippen molar-refractivity contribution in [3.05, 3.63) is 178 Å². The Bertz CT molecular complexity index is 2180. The van der Waals surface area contributed by atoms with Crippen LogP contribution in [0, 0.1) is 18.8 Å². The lowest BCUT2D eigenvalue weighted by Crippen LogP contribution is -2.28. The molecule has 9 heteroatoms. The summed E-state index contributed by atoms with van der Waals surface area (Å²) < 4.78 is 44.8. The van der Waals surface area contributed by atoms with Gasteiger partial charge in [0.25, 0.3) is 5.91 Å². The molecule has 1 amide bonds. The van der Waals surface area contributed by atoms with Crippen LogP contribution < -0.4 is 5.73 Å². The Hall–Kier alpha value is -5.67. The molecule has 2 heterocycles. The number of aromatic nitrogens is 1. The van der Waals surface area contributed by atoms with E-state index in [9.17, 15) is 18.0 Å². The molecule has 0 spiro atoms. The van der Waals surface area contributed by atoms with Crippen molar-refractivity contribution in [2.75, 3.05) is 13.7 Å². The molecule has 64 heavy (non-hydrogen) atoms. The predicted molar refractivity (Wildman–Crippen MR) is 259 cm³/mol. The van der Waals surface area contributed by atoms with Crippen LogP contribution in [0.1, 0.15) is 137 Å². The number of nitrogens with two attached hydrogens (primary N) is 1. The maximum Gasteiger partial charge on any atom is 0.433 e. The highest BCUT2D eigenvalue weighted by Gasteiger charge is 2.36. The number of hydrogen-bond acceptors (Lipinski definition) is 4. The zero-order valence-corrected chi connectivity index (χ0v) is 39.0. The number of amides is 1. The van der Waals surface area contributed by atoms with Crippen molar-refractivity contribution in [1.29, 1.82) is 0 Å². The number of aliphatic imine (C=N–C) groups is 2. The first kappa shape index (κ1) is 51.0. The summed E-state index contributed by atoms with van der Waals surface area (Å²) >= 11 is 0. The Labute approximate surface area is 380 Å². The Morgan fingerprint density at radius 2 is 1.42 bits per heavy atom. The molecule has 4 aromatic carbocycles. The number of rotatable bonds is 14. The van der Waals surface area contributed by atoms with Crippen molar-refractivity contribution in [3.8, 4) is 0 Å². The molecule has 2 atom stereocenters. The number of nitrogens with zero attached hydrogens (tertiary/aromatic N) is 3. The van der Waals surface area contributed by atoms with Gasteiger partial charge in [0.2, 0.25) is 0 Å². The summed E-state index contributed by atoms with van der Waals surface area (Å²) in [5, 5.41) is 0.